The first-order valence-corrected chi connectivity index (χ1v) is 7.85. The average molecular weight is 326 g/mol. The van der Waals surface area contributed by atoms with Crippen molar-refractivity contribution in [3.05, 3.63) is 22.3 Å². The van der Waals surface area contributed by atoms with Crippen LogP contribution in [0.2, 0.25) is 0 Å². The topological polar surface area (TPSA) is 28.2 Å². The third kappa shape index (κ3) is 4.18. The second-order valence-corrected chi connectivity index (χ2v) is 6.94. The van der Waals surface area contributed by atoms with E-state index >= 15 is 0 Å². The van der Waals surface area contributed by atoms with Gasteiger partial charge >= 0.3 is 0 Å². The molecule has 4 heteroatoms. The Kier molecular flexibility index (Phi) is 4.85. The molecule has 1 saturated carbocycles. The van der Waals surface area contributed by atoms with Gasteiger partial charge in [-0.3, -0.25) is 0 Å². The molecule has 1 N–H and O–H groups in total. The average Bonchev–Trinajstić information content (AvgIpc) is 3.02. The summed E-state index contributed by atoms with van der Waals surface area (Å²) in [5.74, 6) is 2.84. The van der Waals surface area contributed by atoms with E-state index < -0.39 is 0 Å². The molecule has 0 bridgehead atoms. The standard InChI is InChI=1S/C15H24BrN3/c1-10(2)17-7-12-6-14(16)8-18-15(12)19(4)9-13-5-11(13)3/h6,8,10-11,13,17H,5,7,9H2,1-4H3. The number of pyridine rings is 1. The van der Waals surface area contributed by atoms with Crippen molar-refractivity contribution < 1.29 is 0 Å². The van der Waals surface area contributed by atoms with E-state index in [1.165, 1.54) is 12.0 Å². The van der Waals surface area contributed by atoms with E-state index in [0.29, 0.717) is 6.04 Å². The fourth-order valence-corrected chi connectivity index (χ4v) is 2.73. The number of halogens is 1. The Morgan fingerprint density at radius 1 is 1.53 bits per heavy atom. The van der Waals surface area contributed by atoms with Gasteiger partial charge in [-0.25, -0.2) is 4.98 Å². The number of aromatic nitrogens is 1. The fourth-order valence-electron chi connectivity index (χ4n) is 2.35. The number of anilines is 1. The molecular weight excluding hydrogens is 302 g/mol. The highest BCUT2D eigenvalue weighted by Crippen LogP contribution is 2.38. The molecule has 1 aromatic heterocycles. The molecule has 1 aromatic rings. The van der Waals surface area contributed by atoms with E-state index in [4.69, 9.17) is 0 Å². The molecule has 106 valence electrons. The third-order valence-electron chi connectivity index (χ3n) is 3.76. The van der Waals surface area contributed by atoms with E-state index in [9.17, 15) is 0 Å². The third-order valence-corrected chi connectivity index (χ3v) is 4.19. The highest BCUT2D eigenvalue weighted by atomic mass is 79.9. The number of hydrogen-bond acceptors (Lipinski definition) is 3. The monoisotopic (exact) mass is 325 g/mol. The number of nitrogens with zero attached hydrogens (tertiary/aromatic N) is 2. The van der Waals surface area contributed by atoms with Gasteiger partial charge in [0.05, 0.1) is 0 Å². The largest absolute Gasteiger partial charge is 0.359 e. The summed E-state index contributed by atoms with van der Waals surface area (Å²) in [5, 5.41) is 3.47. The first-order valence-electron chi connectivity index (χ1n) is 7.06. The summed E-state index contributed by atoms with van der Waals surface area (Å²) in [4.78, 5) is 6.90. The molecule has 0 saturated heterocycles. The molecule has 0 radical (unpaired) electrons. The van der Waals surface area contributed by atoms with E-state index in [-0.39, 0.29) is 0 Å². The predicted octanol–water partition coefficient (Wildman–Crippen LogP) is 3.43. The molecule has 0 amide bonds. The molecule has 2 unspecified atom stereocenters. The molecule has 1 aliphatic rings. The first kappa shape index (κ1) is 14.8. The van der Waals surface area contributed by atoms with Gasteiger partial charge in [-0.1, -0.05) is 20.8 Å². The summed E-state index contributed by atoms with van der Waals surface area (Å²) in [6, 6.07) is 2.66. The van der Waals surface area contributed by atoms with Crippen LogP contribution in [0.4, 0.5) is 5.82 Å². The van der Waals surface area contributed by atoms with Crippen LogP contribution in [0.3, 0.4) is 0 Å². The summed E-state index contributed by atoms with van der Waals surface area (Å²) in [6.45, 7) is 8.64. The maximum absolute atomic E-state index is 4.60. The SMILES string of the molecule is CC(C)NCc1cc(Br)cnc1N(C)CC1CC1C. The van der Waals surface area contributed by atoms with Gasteiger partial charge < -0.3 is 10.2 Å². The Hall–Kier alpha value is -0.610. The Morgan fingerprint density at radius 2 is 2.21 bits per heavy atom. The minimum Gasteiger partial charge on any atom is -0.359 e. The van der Waals surface area contributed by atoms with Crippen molar-refractivity contribution in [2.75, 3.05) is 18.5 Å². The molecule has 2 atom stereocenters. The normalized spacial score (nSPS) is 21.8. The fraction of sp³-hybridized carbons (Fsp3) is 0.667. The zero-order chi connectivity index (χ0) is 14.0. The highest BCUT2D eigenvalue weighted by molar-refractivity contribution is 9.10. The van der Waals surface area contributed by atoms with Gasteiger partial charge in [-0.15, -0.1) is 0 Å². The van der Waals surface area contributed by atoms with Crippen molar-refractivity contribution >= 4 is 21.7 Å². The Labute approximate surface area is 124 Å². The lowest BCUT2D eigenvalue weighted by molar-refractivity contribution is 0.586. The molecular formula is C15H24BrN3. The van der Waals surface area contributed by atoms with Crippen molar-refractivity contribution in [1.29, 1.82) is 0 Å². The highest BCUT2D eigenvalue weighted by Gasteiger charge is 2.33. The van der Waals surface area contributed by atoms with Gasteiger partial charge in [0.25, 0.3) is 0 Å². The minimum atomic E-state index is 0.487. The number of rotatable bonds is 6. The summed E-state index contributed by atoms with van der Waals surface area (Å²) < 4.78 is 1.05. The second kappa shape index (κ2) is 6.23. The van der Waals surface area contributed by atoms with Gasteiger partial charge in [0.15, 0.2) is 0 Å². The summed E-state index contributed by atoms with van der Waals surface area (Å²) in [6.07, 6.45) is 3.25. The van der Waals surface area contributed by atoms with Crippen molar-refractivity contribution in [2.24, 2.45) is 11.8 Å². The van der Waals surface area contributed by atoms with Gasteiger partial charge in [-0.2, -0.15) is 0 Å². The smallest absolute Gasteiger partial charge is 0.132 e. The minimum absolute atomic E-state index is 0.487. The quantitative estimate of drug-likeness (QED) is 0.868. The lowest BCUT2D eigenvalue weighted by Crippen LogP contribution is -2.26. The molecule has 2 rings (SSSR count). The predicted molar refractivity (Wildman–Crippen MR) is 84.5 cm³/mol. The van der Waals surface area contributed by atoms with Crippen LogP contribution in [0, 0.1) is 11.8 Å². The van der Waals surface area contributed by atoms with E-state index in [0.717, 1.165) is 35.2 Å². The van der Waals surface area contributed by atoms with Crippen molar-refractivity contribution in [1.82, 2.24) is 10.3 Å². The molecule has 1 aliphatic carbocycles. The van der Waals surface area contributed by atoms with Crippen LogP contribution in [0.1, 0.15) is 32.8 Å². The lowest BCUT2D eigenvalue weighted by atomic mass is 10.2. The molecule has 19 heavy (non-hydrogen) atoms. The van der Waals surface area contributed by atoms with Crippen molar-refractivity contribution in [2.45, 2.75) is 39.8 Å². The Bertz CT molecular complexity index is 433. The molecule has 1 heterocycles. The second-order valence-electron chi connectivity index (χ2n) is 6.03. The summed E-state index contributed by atoms with van der Waals surface area (Å²) in [7, 11) is 2.15. The Morgan fingerprint density at radius 3 is 2.79 bits per heavy atom. The maximum Gasteiger partial charge on any atom is 0.132 e. The van der Waals surface area contributed by atoms with Crippen LogP contribution in [-0.2, 0) is 6.54 Å². The van der Waals surface area contributed by atoms with Gasteiger partial charge in [0.1, 0.15) is 5.82 Å². The van der Waals surface area contributed by atoms with Crippen LogP contribution >= 0.6 is 15.9 Å². The first-order chi connectivity index (χ1) is 8.97. The zero-order valence-corrected chi connectivity index (χ0v) is 13.9. The van der Waals surface area contributed by atoms with E-state index in [2.05, 4.69) is 65.0 Å². The van der Waals surface area contributed by atoms with Crippen molar-refractivity contribution in [3.63, 3.8) is 0 Å². The molecule has 1 fully saturated rings. The zero-order valence-electron chi connectivity index (χ0n) is 12.3. The summed E-state index contributed by atoms with van der Waals surface area (Å²) in [5.41, 5.74) is 1.26. The van der Waals surface area contributed by atoms with Crippen LogP contribution in [0.25, 0.3) is 0 Å². The molecule has 0 spiro atoms. The molecule has 0 aromatic carbocycles. The van der Waals surface area contributed by atoms with Gasteiger partial charge in [0.2, 0.25) is 0 Å². The van der Waals surface area contributed by atoms with Crippen LogP contribution < -0.4 is 10.2 Å². The van der Waals surface area contributed by atoms with Crippen molar-refractivity contribution in [3.8, 4) is 0 Å². The lowest BCUT2D eigenvalue weighted by Gasteiger charge is -2.22. The maximum atomic E-state index is 4.60. The number of hydrogen-bond donors (Lipinski definition) is 1. The molecule has 0 aliphatic heterocycles. The van der Waals surface area contributed by atoms with E-state index in [1.807, 2.05) is 6.20 Å². The van der Waals surface area contributed by atoms with Crippen LogP contribution in [-0.4, -0.2) is 24.6 Å². The summed E-state index contributed by atoms with van der Waals surface area (Å²) >= 11 is 3.52. The Balaban J connectivity index is 2.08. The number of nitrogens with one attached hydrogen (secondary N) is 1. The van der Waals surface area contributed by atoms with E-state index in [1.54, 1.807) is 0 Å². The molecule has 3 nitrogen and oxygen atoms in total. The van der Waals surface area contributed by atoms with Gasteiger partial charge in [-0.05, 0) is 40.3 Å². The van der Waals surface area contributed by atoms with Crippen LogP contribution in [0.15, 0.2) is 16.7 Å². The van der Waals surface area contributed by atoms with Gasteiger partial charge in [0, 0.05) is 42.4 Å². The van der Waals surface area contributed by atoms with Crippen LogP contribution in [0.5, 0.6) is 0 Å².